The van der Waals surface area contributed by atoms with Crippen molar-refractivity contribution in [2.24, 2.45) is 0 Å². The smallest absolute Gasteiger partial charge is 0.416 e. The first-order valence-electron chi connectivity index (χ1n) is 11.3. The molecular weight excluding hydrogens is 498 g/mol. The number of carbonyl (C=O) groups is 1. The topological polar surface area (TPSA) is 124 Å². The molecule has 2 fully saturated rings. The number of pyridine rings is 1. The molecule has 2 aliphatic carbocycles. The first kappa shape index (κ1) is 22.7. The van der Waals surface area contributed by atoms with Gasteiger partial charge in [0.25, 0.3) is 0 Å². The van der Waals surface area contributed by atoms with Gasteiger partial charge in [-0.25, -0.2) is 22.6 Å². The largest absolute Gasteiger partial charge is 0.417 e. The first-order chi connectivity index (χ1) is 17.3. The molecule has 3 aliphatic rings. The van der Waals surface area contributed by atoms with Gasteiger partial charge in [-0.3, -0.25) is 9.62 Å². The van der Waals surface area contributed by atoms with Gasteiger partial charge in [-0.15, -0.1) is 0 Å². The summed E-state index contributed by atoms with van der Waals surface area (Å²) in [7, 11) is -3.73. The second-order valence-electron chi connectivity index (χ2n) is 8.97. The number of nitrogens with one attached hydrogen (secondary N) is 1. The van der Waals surface area contributed by atoms with E-state index in [0.717, 1.165) is 6.42 Å². The molecule has 2 aromatic heterocycles. The highest BCUT2D eigenvalue weighted by Crippen LogP contribution is 2.54. The number of rotatable bonds is 7. The van der Waals surface area contributed by atoms with Crippen LogP contribution in [-0.4, -0.2) is 34.6 Å². The zero-order valence-electron chi connectivity index (χ0n) is 18.7. The van der Waals surface area contributed by atoms with Gasteiger partial charge < -0.3 is 13.9 Å². The van der Waals surface area contributed by atoms with Crippen LogP contribution in [0.4, 0.5) is 19.4 Å². The lowest BCUT2D eigenvalue weighted by molar-refractivity contribution is -0.000331. The molecule has 2 saturated carbocycles. The van der Waals surface area contributed by atoms with E-state index in [1.165, 1.54) is 35.7 Å². The monoisotopic (exact) mass is 518 g/mol. The van der Waals surface area contributed by atoms with Crippen LogP contribution in [0.5, 0.6) is 17.6 Å². The molecule has 0 bridgehead atoms. The van der Waals surface area contributed by atoms with Gasteiger partial charge in [0, 0.05) is 17.3 Å². The molecule has 36 heavy (non-hydrogen) atoms. The Balaban J connectivity index is 1.32. The van der Waals surface area contributed by atoms with Crippen LogP contribution in [0, 0.1) is 11.6 Å². The number of hydrogen-bond acceptors (Lipinski definition) is 8. The first-order valence-corrected chi connectivity index (χ1v) is 12.9. The summed E-state index contributed by atoms with van der Waals surface area (Å²) in [6.45, 7) is -0.221. The number of benzene rings is 1. The average Bonchev–Trinajstić information content (AvgIpc) is 3.56. The molecule has 13 heteroatoms. The van der Waals surface area contributed by atoms with E-state index in [1.807, 2.05) is 0 Å². The molecule has 0 saturated heterocycles. The molecular formula is C23H20F2N4O6S. The van der Waals surface area contributed by atoms with Gasteiger partial charge in [0.15, 0.2) is 23.1 Å². The van der Waals surface area contributed by atoms with Crippen LogP contribution in [0.2, 0.25) is 0 Å². The number of ether oxygens (including phenoxy) is 2. The summed E-state index contributed by atoms with van der Waals surface area (Å²) in [5.41, 5.74) is -0.416. The normalized spacial score (nSPS) is 18.4. The van der Waals surface area contributed by atoms with Crippen LogP contribution in [0.25, 0.3) is 0 Å². The summed E-state index contributed by atoms with van der Waals surface area (Å²) in [4.78, 5) is 22.1. The van der Waals surface area contributed by atoms with Crippen LogP contribution in [-0.2, 0) is 22.1 Å². The standard InChI is InChI=1S/C23H20F2N4O6S/c24-17-13(6-9-26-20(17)28-36(31,32)14-2-3-14)12-29-22(30)35-19-15(23(29)7-1-8-23)4-5-16(18(19)25)34-21-27-10-11-33-21/h4-6,9-11,14H,1-3,7-8,12H2,(H,26,28). The summed E-state index contributed by atoms with van der Waals surface area (Å²) in [5.74, 6) is -2.66. The molecule has 6 rings (SSSR count). The number of halogens is 2. The highest BCUT2D eigenvalue weighted by atomic mass is 32.2. The van der Waals surface area contributed by atoms with Gasteiger partial charge in [-0.05, 0) is 50.3 Å². The fraction of sp³-hybridized carbons (Fsp3) is 0.348. The quantitative estimate of drug-likeness (QED) is 0.487. The number of hydrogen-bond donors (Lipinski definition) is 1. The molecule has 10 nitrogen and oxygen atoms in total. The summed E-state index contributed by atoms with van der Waals surface area (Å²) in [5, 5.41) is -0.554. The number of anilines is 1. The van der Waals surface area contributed by atoms with Gasteiger partial charge in [-0.2, -0.15) is 9.37 Å². The average molecular weight is 518 g/mol. The number of aromatic nitrogens is 2. The summed E-state index contributed by atoms with van der Waals surface area (Å²) in [6, 6.07) is 4.37. The molecule has 0 radical (unpaired) electrons. The molecule has 0 atom stereocenters. The Kier molecular flexibility index (Phi) is 5.14. The van der Waals surface area contributed by atoms with E-state index >= 15 is 8.78 Å². The van der Waals surface area contributed by atoms with Crippen molar-refractivity contribution in [3.8, 4) is 17.6 Å². The van der Waals surface area contributed by atoms with Crippen molar-refractivity contribution in [3.63, 3.8) is 0 Å². The molecule has 0 unspecified atom stereocenters. The third-order valence-electron chi connectivity index (χ3n) is 6.78. The molecule has 1 amide bonds. The molecule has 188 valence electrons. The highest BCUT2D eigenvalue weighted by Gasteiger charge is 2.53. The predicted octanol–water partition coefficient (Wildman–Crippen LogP) is 4.44. The van der Waals surface area contributed by atoms with Crippen molar-refractivity contribution in [2.45, 2.75) is 49.4 Å². The lowest BCUT2D eigenvalue weighted by Gasteiger charge is -2.52. The van der Waals surface area contributed by atoms with E-state index < -0.39 is 44.4 Å². The minimum Gasteiger partial charge on any atom is -0.417 e. The van der Waals surface area contributed by atoms with Crippen LogP contribution in [0.1, 0.15) is 43.2 Å². The Morgan fingerprint density at radius 2 is 1.94 bits per heavy atom. The Morgan fingerprint density at radius 1 is 1.14 bits per heavy atom. The lowest BCUT2D eigenvalue weighted by Crippen LogP contribution is -2.57. The maximum Gasteiger partial charge on any atom is 0.416 e. The van der Waals surface area contributed by atoms with Crippen LogP contribution >= 0.6 is 0 Å². The van der Waals surface area contributed by atoms with Crippen LogP contribution < -0.4 is 14.2 Å². The van der Waals surface area contributed by atoms with E-state index in [4.69, 9.17) is 13.9 Å². The second-order valence-corrected chi connectivity index (χ2v) is 10.9. The number of carbonyl (C=O) groups excluding carboxylic acids is 1. The Morgan fingerprint density at radius 3 is 2.61 bits per heavy atom. The van der Waals surface area contributed by atoms with Gasteiger partial charge >= 0.3 is 12.2 Å². The molecule has 1 aliphatic heterocycles. The summed E-state index contributed by atoms with van der Waals surface area (Å²) in [6.07, 6.45) is 5.68. The predicted molar refractivity (Wildman–Crippen MR) is 120 cm³/mol. The van der Waals surface area contributed by atoms with Gasteiger partial charge in [-0.1, -0.05) is 0 Å². The highest BCUT2D eigenvalue weighted by molar-refractivity contribution is 7.93. The fourth-order valence-electron chi connectivity index (χ4n) is 4.61. The minimum absolute atomic E-state index is 0.0505. The fourth-order valence-corrected chi connectivity index (χ4v) is 5.95. The molecule has 1 spiro atoms. The number of nitrogens with zero attached hydrogens (tertiary/aromatic N) is 3. The summed E-state index contributed by atoms with van der Waals surface area (Å²) < 4.78 is 73.0. The summed E-state index contributed by atoms with van der Waals surface area (Å²) >= 11 is 0. The van der Waals surface area contributed by atoms with Crippen molar-refractivity contribution < 1.29 is 35.9 Å². The lowest BCUT2D eigenvalue weighted by atomic mass is 9.69. The van der Waals surface area contributed by atoms with Crippen molar-refractivity contribution in [1.82, 2.24) is 14.9 Å². The van der Waals surface area contributed by atoms with E-state index in [9.17, 15) is 13.2 Å². The van der Waals surface area contributed by atoms with E-state index in [0.29, 0.717) is 31.2 Å². The Bertz CT molecular complexity index is 1460. The van der Waals surface area contributed by atoms with Crippen LogP contribution in [0.15, 0.2) is 41.3 Å². The van der Waals surface area contributed by atoms with E-state index in [1.54, 1.807) is 6.07 Å². The SMILES string of the molecule is O=C1Oc2c(ccc(Oc3ncco3)c2F)C2(CCC2)N1Cc1ccnc(NS(=O)(=O)C2CC2)c1F. The van der Waals surface area contributed by atoms with E-state index in [2.05, 4.69) is 14.7 Å². The Hall–Kier alpha value is -3.74. The molecule has 3 aromatic rings. The zero-order valence-corrected chi connectivity index (χ0v) is 19.6. The molecule has 1 aromatic carbocycles. The van der Waals surface area contributed by atoms with E-state index in [-0.39, 0.29) is 29.7 Å². The van der Waals surface area contributed by atoms with Crippen molar-refractivity contribution in [3.05, 3.63) is 59.6 Å². The third-order valence-corrected chi connectivity index (χ3v) is 8.60. The number of oxazole rings is 1. The minimum atomic E-state index is -3.73. The second kappa shape index (κ2) is 8.15. The van der Waals surface area contributed by atoms with Crippen molar-refractivity contribution in [2.75, 3.05) is 4.72 Å². The maximum atomic E-state index is 15.3. The zero-order chi connectivity index (χ0) is 25.1. The molecule has 1 N–H and O–H groups in total. The maximum absolute atomic E-state index is 15.3. The Labute approximate surface area is 204 Å². The van der Waals surface area contributed by atoms with Gasteiger partial charge in [0.05, 0.1) is 23.5 Å². The van der Waals surface area contributed by atoms with Crippen LogP contribution in [0.3, 0.4) is 0 Å². The van der Waals surface area contributed by atoms with Gasteiger partial charge in [0.2, 0.25) is 15.8 Å². The van der Waals surface area contributed by atoms with Gasteiger partial charge in [0.1, 0.15) is 6.26 Å². The van der Waals surface area contributed by atoms with Crippen molar-refractivity contribution >= 4 is 21.9 Å². The third kappa shape index (κ3) is 3.65. The van der Waals surface area contributed by atoms with Crippen molar-refractivity contribution in [1.29, 1.82) is 0 Å². The molecule has 3 heterocycles. The number of fused-ring (bicyclic) bond motifs is 2. The number of sulfonamides is 1. The number of amides is 1.